The average molecular weight is 250 g/mol. The van der Waals surface area contributed by atoms with Crippen LogP contribution in [0.5, 0.6) is 0 Å². The molecule has 1 saturated carbocycles. The van der Waals surface area contributed by atoms with E-state index in [-0.39, 0.29) is 0 Å². The highest BCUT2D eigenvalue weighted by atomic mass is 32.1. The summed E-state index contributed by atoms with van der Waals surface area (Å²) in [6.07, 6.45) is 6.99. The van der Waals surface area contributed by atoms with Gasteiger partial charge in [-0.15, -0.1) is 0 Å². The van der Waals surface area contributed by atoms with Crippen LogP contribution in [0.4, 0.5) is 0 Å². The number of aliphatic hydroxyl groups is 1. The fraction of sp³-hybridized carbons (Fsp3) is 0.538. The summed E-state index contributed by atoms with van der Waals surface area (Å²) in [5.74, 6) is 0. The van der Waals surface area contributed by atoms with Crippen molar-refractivity contribution in [3.05, 3.63) is 30.1 Å². The molecular weight excluding hydrogens is 232 g/mol. The molecule has 2 N–H and O–H groups in total. The molecule has 2 rings (SSSR count). The number of nitrogens with zero attached hydrogens (tertiary/aromatic N) is 1. The molecule has 2 atom stereocenters. The number of aromatic nitrogens is 1. The van der Waals surface area contributed by atoms with E-state index in [1.54, 1.807) is 6.20 Å². The van der Waals surface area contributed by atoms with E-state index in [0.717, 1.165) is 36.2 Å². The molecule has 1 fully saturated rings. The van der Waals surface area contributed by atoms with E-state index in [1.165, 1.54) is 0 Å². The van der Waals surface area contributed by atoms with Gasteiger partial charge in [0.15, 0.2) is 0 Å². The van der Waals surface area contributed by atoms with E-state index in [0.29, 0.717) is 0 Å². The molecule has 0 aliphatic heterocycles. The molecule has 4 heteroatoms. The molecular formula is C13H18N2OS. The fourth-order valence-electron chi connectivity index (χ4n) is 2.74. The fourth-order valence-corrected chi connectivity index (χ4v) is 3.09. The van der Waals surface area contributed by atoms with Crippen LogP contribution in [0.1, 0.15) is 31.2 Å². The van der Waals surface area contributed by atoms with Gasteiger partial charge in [0.25, 0.3) is 0 Å². The minimum atomic E-state index is -0.448. The predicted molar refractivity (Wildman–Crippen MR) is 72.0 cm³/mol. The maximum absolute atomic E-state index is 10.4. The number of hydrogen-bond donors (Lipinski definition) is 2. The Kier molecular flexibility index (Phi) is 3.74. The van der Waals surface area contributed by atoms with E-state index in [4.69, 9.17) is 12.2 Å². The summed E-state index contributed by atoms with van der Waals surface area (Å²) < 4.78 is 0. The van der Waals surface area contributed by atoms with E-state index >= 15 is 0 Å². The van der Waals surface area contributed by atoms with Gasteiger partial charge in [-0.1, -0.05) is 31.1 Å². The lowest BCUT2D eigenvalue weighted by Crippen LogP contribution is -2.52. The SMILES string of the molecule is CNC(=S)[C@]1(c2cccnc2)CCCC[C@@H]1O. The third-order valence-corrected chi connectivity index (χ3v) is 4.24. The van der Waals surface area contributed by atoms with Crippen molar-refractivity contribution < 1.29 is 5.11 Å². The van der Waals surface area contributed by atoms with Crippen LogP contribution in [0.15, 0.2) is 24.5 Å². The summed E-state index contributed by atoms with van der Waals surface area (Å²) in [5.41, 5.74) is 0.572. The third-order valence-electron chi connectivity index (χ3n) is 3.68. The maximum Gasteiger partial charge on any atom is 0.0884 e. The van der Waals surface area contributed by atoms with Gasteiger partial charge < -0.3 is 10.4 Å². The lowest BCUT2D eigenvalue weighted by Gasteiger charge is -2.42. The monoisotopic (exact) mass is 250 g/mol. The Bertz CT molecular complexity index is 396. The van der Waals surface area contributed by atoms with Crippen molar-refractivity contribution in [2.24, 2.45) is 0 Å². The predicted octanol–water partition coefficient (Wildman–Crippen LogP) is 1.80. The molecule has 92 valence electrons. The van der Waals surface area contributed by atoms with Gasteiger partial charge in [0.1, 0.15) is 0 Å². The second kappa shape index (κ2) is 5.10. The highest BCUT2D eigenvalue weighted by Crippen LogP contribution is 2.40. The molecule has 3 nitrogen and oxygen atoms in total. The largest absolute Gasteiger partial charge is 0.392 e. The molecule has 0 saturated heterocycles. The average Bonchev–Trinajstić information content (AvgIpc) is 2.39. The first kappa shape index (κ1) is 12.5. The Morgan fingerprint density at radius 1 is 1.59 bits per heavy atom. The first-order valence-electron chi connectivity index (χ1n) is 6.02. The summed E-state index contributed by atoms with van der Waals surface area (Å²) in [6.45, 7) is 0. The molecule has 1 aliphatic carbocycles. The number of rotatable bonds is 2. The van der Waals surface area contributed by atoms with Gasteiger partial charge in [0.05, 0.1) is 16.5 Å². The molecule has 17 heavy (non-hydrogen) atoms. The number of nitrogens with one attached hydrogen (secondary N) is 1. The van der Waals surface area contributed by atoms with Gasteiger partial charge in [-0.3, -0.25) is 4.98 Å². The van der Waals surface area contributed by atoms with Crippen LogP contribution in [-0.4, -0.2) is 28.2 Å². The zero-order valence-corrected chi connectivity index (χ0v) is 10.8. The first-order valence-corrected chi connectivity index (χ1v) is 6.43. The zero-order chi connectivity index (χ0) is 12.3. The number of likely N-dealkylation sites (N-methyl/N-ethyl adjacent to an activating group) is 1. The van der Waals surface area contributed by atoms with Crippen LogP contribution in [0.25, 0.3) is 0 Å². The van der Waals surface area contributed by atoms with Crippen LogP contribution in [0.3, 0.4) is 0 Å². The minimum absolute atomic E-state index is 0.416. The molecule has 0 spiro atoms. The lowest BCUT2D eigenvalue weighted by atomic mass is 9.67. The summed E-state index contributed by atoms with van der Waals surface area (Å²) in [5, 5.41) is 13.5. The lowest BCUT2D eigenvalue weighted by molar-refractivity contribution is 0.0776. The van der Waals surface area contributed by atoms with Gasteiger partial charge in [0, 0.05) is 19.4 Å². The van der Waals surface area contributed by atoms with Crippen LogP contribution in [-0.2, 0) is 5.41 Å². The quantitative estimate of drug-likeness (QED) is 0.786. The van der Waals surface area contributed by atoms with Crippen LogP contribution in [0, 0.1) is 0 Å². The van der Waals surface area contributed by atoms with Crippen molar-refractivity contribution in [1.82, 2.24) is 10.3 Å². The maximum atomic E-state index is 10.4. The van der Waals surface area contributed by atoms with Crippen molar-refractivity contribution in [2.75, 3.05) is 7.05 Å². The van der Waals surface area contributed by atoms with Gasteiger partial charge >= 0.3 is 0 Å². The standard InChI is InChI=1S/C13H18N2OS/c1-14-12(17)13(7-3-2-6-11(13)16)10-5-4-8-15-9-10/h4-5,8-9,11,16H,2-3,6-7H2,1H3,(H,14,17)/t11-,13-/m0/s1. The van der Waals surface area contributed by atoms with E-state index in [2.05, 4.69) is 10.3 Å². The Labute approximate surface area is 107 Å². The topological polar surface area (TPSA) is 45.2 Å². The van der Waals surface area contributed by atoms with Crippen LogP contribution < -0.4 is 5.32 Å². The van der Waals surface area contributed by atoms with Gasteiger partial charge in [-0.25, -0.2) is 0 Å². The normalized spacial score (nSPS) is 28.7. The number of thiocarbonyl (C=S) groups is 1. The van der Waals surface area contributed by atoms with E-state index in [1.807, 2.05) is 25.4 Å². The van der Waals surface area contributed by atoms with E-state index in [9.17, 15) is 5.11 Å². The molecule has 0 amide bonds. The third kappa shape index (κ3) is 2.07. The minimum Gasteiger partial charge on any atom is -0.392 e. The molecule has 0 bridgehead atoms. The Morgan fingerprint density at radius 2 is 2.41 bits per heavy atom. The van der Waals surface area contributed by atoms with Crippen molar-refractivity contribution in [1.29, 1.82) is 0 Å². The number of hydrogen-bond acceptors (Lipinski definition) is 3. The van der Waals surface area contributed by atoms with Gasteiger partial charge in [-0.2, -0.15) is 0 Å². The zero-order valence-electron chi connectivity index (χ0n) is 10.0. The highest BCUT2D eigenvalue weighted by Gasteiger charge is 2.44. The molecule has 1 aromatic heterocycles. The smallest absolute Gasteiger partial charge is 0.0884 e. The van der Waals surface area contributed by atoms with Crippen molar-refractivity contribution >= 4 is 17.2 Å². The van der Waals surface area contributed by atoms with Crippen molar-refractivity contribution in [3.8, 4) is 0 Å². The molecule has 1 aliphatic rings. The molecule has 0 aromatic carbocycles. The summed E-state index contributed by atoms with van der Waals surface area (Å²) in [7, 11) is 1.82. The number of pyridine rings is 1. The second-order valence-electron chi connectivity index (χ2n) is 4.55. The summed E-state index contributed by atoms with van der Waals surface area (Å²) in [6, 6.07) is 3.90. The Balaban J connectivity index is 2.46. The van der Waals surface area contributed by atoms with Crippen molar-refractivity contribution in [3.63, 3.8) is 0 Å². The molecule has 1 heterocycles. The van der Waals surface area contributed by atoms with Crippen LogP contribution in [0.2, 0.25) is 0 Å². The van der Waals surface area contributed by atoms with Gasteiger partial charge in [0.2, 0.25) is 0 Å². The summed E-state index contributed by atoms with van der Waals surface area (Å²) >= 11 is 5.45. The first-order chi connectivity index (χ1) is 8.21. The molecule has 0 radical (unpaired) electrons. The Hall–Kier alpha value is -1.00. The summed E-state index contributed by atoms with van der Waals surface area (Å²) in [4.78, 5) is 4.88. The van der Waals surface area contributed by atoms with E-state index < -0.39 is 11.5 Å². The Morgan fingerprint density at radius 3 is 3.00 bits per heavy atom. The van der Waals surface area contributed by atoms with Crippen LogP contribution >= 0.6 is 12.2 Å². The van der Waals surface area contributed by atoms with Crippen molar-refractivity contribution in [2.45, 2.75) is 37.2 Å². The molecule has 0 unspecified atom stereocenters. The molecule has 1 aromatic rings. The second-order valence-corrected chi connectivity index (χ2v) is 4.96. The van der Waals surface area contributed by atoms with Gasteiger partial charge in [-0.05, 0) is 24.5 Å². The number of aliphatic hydroxyl groups excluding tert-OH is 1. The highest BCUT2D eigenvalue weighted by molar-refractivity contribution is 7.80.